The summed E-state index contributed by atoms with van der Waals surface area (Å²) in [6.45, 7) is 0. The van der Waals surface area contributed by atoms with Crippen LogP contribution in [0.25, 0.3) is 0 Å². The summed E-state index contributed by atoms with van der Waals surface area (Å²) in [5.41, 5.74) is 1.07. The minimum atomic E-state index is -5.04. The van der Waals surface area contributed by atoms with Gasteiger partial charge in [0.2, 0.25) is 5.54 Å². The van der Waals surface area contributed by atoms with Crippen molar-refractivity contribution in [3.05, 3.63) is 35.9 Å². The van der Waals surface area contributed by atoms with Crippen LogP contribution in [0.1, 0.15) is 5.56 Å². The first-order chi connectivity index (χ1) is 6.80. The normalized spacial score (nSPS) is 15.7. The number of carbonyl (C=O) groups is 1. The van der Waals surface area contributed by atoms with Gasteiger partial charge in [0.05, 0.1) is 0 Å². The molecule has 0 saturated carbocycles. The van der Waals surface area contributed by atoms with Gasteiger partial charge in [0, 0.05) is 0 Å². The van der Waals surface area contributed by atoms with E-state index >= 15 is 0 Å². The number of carboxylic acid groups (broad SMARTS) is 1. The molecule has 0 radical (unpaired) electrons. The lowest BCUT2D eigenvalue weighted by molar-refractivity contribution is -0.204. The lowest BCUT2D eigenvalue weighted by atomic mass is 9.90. The van der Waals surface area contributed by atoms with E-state index < -0.39 is 23.2 Å². The van der Waals surface area contributed by atoms with E-state index in [1.54, 1.807) is 0 Å². The van der Waals surface area contributed by atoms with Gasteiger partial charge in [-0.1, -0.05) is 30.3 Å². The third-order valence-electron chi connectivity index (χ3n) is 2.01. The molecule has 1 atom stereocenters. The van der Waals surface area contributed by atoms with Crippen LogP contribution >= 0.6 is 0 Å². The van der Waals surface area contributed by atoms with Crippen LogP contribution in [0.15, 0.2) is 30.3 Å². The second-order valence-electron chi connectivity index (χ2n) is 2.98. The number of nitrogens with two attached hydrogens (primary N) is 1. The molecule has 0 fully saturated rings. The molecule has 82 valence electrons. The average molecular weight is 219 g/mol. The van der Waals surface area contributed by atoms with Gasteiger partial charge in [-0.05, 0) is 5.56 Å². The molecule has 6 heteroatoms. The molecule has 0 bridgehead atoms. The number of hydrogen-bond acceptors (Lipinski definition) is 2. The molecule has 0 aromatic heterocycles. The summed E-state index contributed by atoms with van der Waals surface area (Å²) < 4.78 is 37.6. The number of halogens is 3. The zero-order chi connectivity index (χ0) is 11.7. The van der Waals surface area contributed by atoms with E-state index in [-0.39, 0.29) is 0 Å². The van der Waals surface area contributed by atoms with Gasteiger partial charge in [0.1, 0.15) is 0 Å². The zero-order valence-electron chi connectivity index (χ0n) is 7.45. The zero-order valence-corrected chi connectivity index (χ0v) is 7.45. The number of alkyl halides is 3. The summed E-state index contributed by atoms with van der Waals surface area (Å²) in [5.74, 6) is -2.12. The summed E-state index contributed by atoms with van der Waals surface area (Å²) >= 11 is 0. The molecule has 0 aliphatic carbocycles. The largest absolute Gasteiger partial charge is 0.479 e. The molecule has 1 rings (SSSR count). The summed E-state index contributed by atoms with van der Waals surface area (Å²) in [4.78, 5) is 10.6. The lowest BCUT2D eigenvalue weighted by Gasteiger charge is -2.27. The van der Waals surface area contributed by atoms with Crippen LogP contribution in [0.2, 0.25) is 0 Å². The second-order valence-corrected chi connectivity index (χ2v) is 2.98. The van der Waals surface area contributed by atoms with Gasteiger partial charge in [-0.15, -0.1) is 0 Å². The van der Waals surface area contributed by atoms with Crippen LogP contribution in [0, 0.1) is 0 Å². The minimum absolute atomic E-state index is 0.495. The minimum Gasteiger partial charge on any atom is -0.479 e. The van der Waals surface area contributed by atoms with Gasteiger partial charge >= 0.3 is 12.1 Å². The summed E-state index contributed by atoms with van der Waals surface area (Å²) in [5, 5.41) is 8.58. The Labute approximate surface area is 83.3 Å². The monoisotopic (exact) mass is 219 g/mol. The Morgan fingerprint density at radius 2 is 1.67 bits per heavy atom. The molecule has 1 aromatic rings. The molecular weight excluding hydrogens is 211 g/mol. The second kappa shape index (κ2) is 3.54. The fourth-order valence-corrected chi connectivity index (χ4v) is 1.11. The summed E-state index contributed by atoms with van der Waals surface area (Å²) in [7, 11) is 0. The van der Waals surface area contributed by atoms with Crippen molar-refractivity contribution in [2.24, 2.45) is 5.73 Å². The highest BCUT2D eigenvalue weighted by Crippen LogP contribution is 2.36. The van der Waals surface area contributed by atoms with Crippen molar-refractivity contribution in [2.75, 3.05) is 0 Å². The summed E-state index contributed by atoms with van der Waals surface area (Å²) in [6, 6.07) is 6.13. The predicted octanol–water partition coefficient (Wildman–Crippen LogP) is 1.49. The molecule has 1 aromatic carbocycles. The van der Waals surface area contributed by atoms with Crippen molar-refractivity contribution in [2.45, 2.75) is 11.7 Å². The van der Waals surface area contributed by atoms with Crippen LogP contribution in [0.4, 0.5) is 13.2 Å². The first-order valence-corrected chi connectivity index (χ1v) is 3.94. The van der Waals surface area contributed by atoms with Gasteiger partial charge in [0.15, 0.2) is 0 Å². The standard InChI is InChI=1S/C9H8F3NO2/c10-9(11,12)8(13,7(14)15)6-4-2-1-3-5-6/h1-5H,13H2,(H,14,15)/t8-/m0/s1. The Balaban J connectivity index is 3.32. The molecule has 0 aliphatic heterocycles. The quantitative estimate of drug-likeness (QED) is 0.791. The highest BCUT2D eigenvalue weighted by molar-refractivity contribution is 5.81. The Morgan fingerprint density at radius 3 is 2.00 bits per heavy atom. The Morgan fingerprint density at radius 1 is 1.20 bits per heavy atom. The van der Waals surface area contributed by atoms with Gasteiger partial charge in [-0.3, -0.25) is 0 Å². The first kappa shape index (κ1) is 11.5. The third kappa shape index (κ3) is 1.80. The van der Waals surface area contributed by atoms with Crippen molar-refractivity contribution >= 4 is 5.97 Å². The Hall–Kier alpha value is -1.56. The fraction of sp³-hybridized carbons (Fsp3) is 0.222. The van der Waals surface area contributed by atoms with Crippen LogP contribution in [0.3, 0.4) is 0 Å². The topological polar surface area (TPSA) is 63.3 Å². The van der Waals surface area contributed by atoms with E-state index in [0.717, 1.165) is 12.1 Å². The molecule has 0 amide bonds. The Kier molecular flexibility index (Phi) is 2.72. The number of hydrogen-bond donors (Lipinski definition) is 2. The average Bonchev–Trinajstić information content (AvgIpc) is 2.16. The summed E-state index contributed by atoms with van der Waals surface area (Å²) in [6.07, 6.45) is -5.04. The van der Waals surface area contributed by atoms with Crippen molar-refractivity contribution in [1.82, 2.24) is 0 Å². The van der Waals surface area contributed by atoms with Gasteiger partial charge in [-0.2, -0.15) is 13.2 Å². The third-order valence-corrected chi connectivity index (χ3v) is 2.01. The van der Waals surface area contributed by atoms with Crippen LogP contribution in [-0.4, -0.2) is 17.3 Å². The SMILES string of the molecule is N[C@](C(=O)O)(c1ccccc1)C(F)(F)F. The van der Waals surface area contributed by atoms with E-state index in [1.807, 2.05) is 0 Å². The highest BCUT2D eigenvalue weighted by atomic mass is 19.4. The maximum absolute atomic E-state index is 12.5. The van der Waals surface area contributed by atoms with E-state index in [0.29, 0.717) is 0 Å². The van der Waals surface area contributed by atoms with E-state index in [2.05, 4.69) is 0 Å². The maximum atomic E-state index is 12.5. The molecule has 3 nitrogen and oxygen atoms in total. The number of aliphatic carboxylic acids is 1. The molecule has 0 aliphatic rings. The Bertz CT molecular complexity index is 363. The van der Waals surface area contributed by atoms with Crippen molar-refractivity contribution in [1.29, 1.82) is 0 Å². The molecule has 3 N–H and O–H groups in total. The molecule has 0 unspecified atom stereocenters. The lowest BCUT2D eigenvalue weighted by Crippen LogP contribution is -2.56. The van der Waals surface area contributed by atoms with Gasteiger partial charge < -0.3 is 10.8 Å². The van der Waals surface area contributed by atoms with E-state index in [4.69, 9.17) is 10.8 Å². The molecule has 0 spiro atoms. The molecule has 0 heterocycles. The first-order valence-electron chi connectivity index (χ1n) is 3.94. The predicted molar refractivity (Wildman–Crippen MR) is 46.0 cm³/mol. The number of benzene rings is 1. The smallest absolute Gasteiger partial charge is 0.421 e. The van der Waals surface area contributed by atoms with Crippen molar-refractivity contribution in [3.8, 4) is 0 Å². The van der Waals surface area contributed by atoms with Crippen LogP contribution < -0.4 is 5.73 Å². The van der Waals surface area contributed by atoms with Crippen LogP contribution in [-0.2, 0) is 10.3 Å². The maximum Gasteiger partial charge on any atom is 0.421 e. The number of rotatable bonds is 2. The van der Waals surface area contributed by atoms with Crippen molar-refractivity contribution < 1.29 is 23.1 Å². The molecular formula is C9H8F3NO2. The fourth-order valence-electron chi connectivity index (χ4n) is 1.11. The molecule has 15 heavy (non-hydrogen) atoms. The highest BCUT2D eigenvalue weighted by Gasteiger charge is 2.59. The van der Waals surface area contributed by atoms with Gasteiger partial charge in [0.25, 0.3) is 0 Å². The van der Waals surface area contributed by atoms with Crippen LogP contribution in [0.5, 0.6) is 0 Å². The van der Waals surface area contributed by atoms with Crippen molar-refractivity contribution in [3.63, 3.8) is 0 Å². The van der Waals surface area contributed by atoms with Gasteiger partial charge in [-0.25, -0.2) is 4.79 Å². The molecule has 0 saturated heterocycles. The number of carboxylic acids is 1. The van der Waals surface area contributed by atoms with E-state index in [9.17, 15) is 18.0 Å². The van der Waals surface area contributed by atoms with E-state index in [1.165, 1.54) is 18.2 Å².